The molecule has 106 valence electrons. The maximum Gasteiger partial charge on any atom is 0.251 e. The third kappa shape index (κ3) is 2.01. The minimum atomic E-state index is -0.0330. The molecule has 2 bridgehead atoms. The number of nitrogens with one attached hydrogen (secondary N) is 1. The molecule has 4 nitrogen and oxygen atoms in total. The summed E-state index contributed by atoms with van der Waals surface area (Å²) in [6, 6.07) is 5.70. The molecule has 2 aromatic rings. The third-order valence-corrected chi connectivity index (χ3v) is 4.64. The zero-order chi connectivity index (χ0) is 14.4. The molecule has 3 heterocycles. The Bertz CT molecular complexity index is 756. The summed E-state index contributed by atoms with van der Waals surface area (Å²) >= 11 is 0. The average molecular weight is 280 g/mol. The van der Waals surface area contributed by atoms with Gasteiger partial charge in [-0.15, -0.1) is 6.42 Å². The van der Waals surface area contributed by atoms with Crippen molar-refractivity contribution in [2.45, 2.75) is 12.5 Å². The summed E-state index contributed by atoms with van der Waals surface area (Å²) in [5, 5.41) is 4.02. The molecule has 1 N–H and O–H groups in total. The fourth-order valence-electron chi connectivity index (χ4n) is 3.48. The van der Waals surface area contributed by atoms with Crippen LogP contribution in [0.15, 0.2) is 28.9 Å². The molecule has 2 saturated heterocycles. The Hall–Kier alpha value is -2.25. The number of carbonyl (C=O) groups is 1. The number of fused-ring (bicyclic) bond motifs is 3. The largest absolute Gasteiger partial charge is 0.463 e. The van der Waals surface area contributed by atoms with Crippen LogP contribution in [0.3, 0.4) is 0 Å². The molecule has 2 fully saturated rings. The SMILES string of the molecule is C#Cc1coc2cc(C(=O)NC3CN4CC[C@H]3C4)ccc12. The maximum atomic E-state index is 12.4. The predicted octanol–water partition coefficient (Wildman–Crippen LogP) is 1.85. The second-order valence-electron chi connectivity index (χ2n) is 5.89. The van der Waals surface area contributed by atoms with Gasteiger partial charge < -0.3 is 14.6 Å². The first-order chi connectivity index (χ1) is 10.2. The molecule has 4 rings (SSSR count). The highest BCUT2D eigenvalue weighted by Crippen LogP contribution is 2.28. The van der Waals surface area contributed by atoms with Gasteiger partial charge in [-0.25, -0.2) is 0 Å². The Morgan fingerprint density at radius 2 is 2.33 bits per heavy atom. The molecule has 2 unspecified atom stereocenters. The van der Waals surface area contributed by atoms with Gasteiger partial charge in [0.1, 0.15) is 11.8 Å². The van der Waals surface area contributed by atoms with E-state index in [4.69, 9.17) is 10.8 Å². The highest BCUT2D eigenvalue weighted by molar-refractivity contribution is 5.98. The van der Waals surface area contributed by atoms with Crippen LogP contribution in [0.4, 0.5) is 0 Å². The minimum absolute atomic E-state index is 0.0330. The van der Waals surface area contributed by atoms with Gasteiger partial charge in [0.05, 0.1) is 5.56 Å². The molecule has 1 amide bonds. The fourth-order valence-corrected chi connectivity index (χ4v) is 3.48. The normalized spacial score (nSPS) is 26.9. The van der Waals surface area contributed by atoms with Gasteiger partial charge in [0.25, 0.3) is 5.91 Å². The molecule has 2 aliphatic heterocycles. The Morgan fingerprint density at radius 1 is 1.43 bits per heavy atom. The molecule has 0 spiro atoms. The Kier molecular flexibility index (Phi) is 2.76. The average Bonchev–Trinajstić information content (AvgIpc) is 3.21. The molecule has 0 saturated carbocycles. The number of terminal acetylenes is 1. The molecular formula is C17H16N2O2. The van der Waals surface area contributed by atoms with E-state index in [2.05, 4.69) is 16.1 Å². The highest BCUT2D eigenvalue weighted by atomic mass is 16.3. The van der Waals surface area contributed by atoms with Gasteiger partial charge in [-0.1, -0.05) is 5.92 Å². The van der Waals surface area contributed by atoms with E-state index in [1.54, 1.807) is 12.3 Å². The van der Waals surface area contributed by atoms with Crippen LogP contribution in [-0.4, -0.2) is 36.5 Å². The lowest BCUT2D eigenvalue weighted by Crippen LogP contribution is -2.43. The van der Waals surface area contributed by atoms with E-state index >= 15 is 0 Å². The van der Waals surface area contributed by atoms with Gasteiger partial charge in [0.2, 0.25) is 0 Å². The molecule has 1 aromatic heterocycles. The Balaban J connectivity index is 1.55. The molecule has 21 heavy (non-hydrogen) atoms. The summed E-state index contributed by atoms with van der Waals surface area (Å²) in [5.74, 6) is 3.15. The monoisotopic (exact) mass is 280 g/mol. The third-order valence-electron chi connectivity index (χ3n) is 4.64. The van der Waals surface area contributed by atoms with E-state index < -0.39 is 0 Å². The summed E-state index contributed by atoms with van der Waals surface area (Å²) in [7, 11) is 0. The van der Waals surface area contributed by atoms with Crippen molar-refractivity contribution in [1.29, 1.82) is 0 Å². The maximum absolute atomic E-state index is 12.4. The van der Waals surface area contributed by atoms with Crippen LogP contribution in [0.5, 0.6) is 0 Å². The van der Waals surface area contributed by atoms with Crippen LogP contribution < -0.4 is 5.32 Å². The van der Waals surface area contributed by atoms with Crippen molar-refractivity contribution in [1.82, 2.24) is 10.2 Å². The number of hydrogen-bond acceptors (Lipinski definition) is 3. The van der Waals surface area contributed by atoms with Crippen LogP contribution in [0.25, 0.3) is 11.0 Å². The summed E-state index contributed by atoms with van der Waals surface area (Å²) in [6.45, 7) is 3.26. The molecule has 0 radical (unpaired) electrons. The van der Waals surface area contributed by atoms with Crippen LogP contribution in [0.2, 0.25) is 0 Å². The first kappa shape index (κ1) is 12.5. The number of benzene rings is 1. The van der Waals surface area contributed by atoms with E-state index in [9.17, 15) is 4.79 Å². The van der Waals surface area contributed by atoms with Gasteiger partial charge >= 0.3 is 0 Å². The van der Waals surface area contributed by atoms with Crippen LogP contribution in [0, 0.1) is 18.3 Å². The van der Waals surface area contributed by atoms with Gasteiger partial charge in [-0.3, -0.25) is 4.79 Å². The van der Waals surface area contributed by atoms with Gasteiger partial charge in [0, 0.05) is 30.1 Å². The van der Waals surface area contributed by atoms with Crippen LogP contribution in [0.1, 0.15) is 22.3 Å². The lowest BCUT2D eigenvalue weighted by Gasteiger charge is -2.23. The van der Waals surface area contributed by atoms with E-state index in [0.29, 0.717) is 17.1 Å². The van der Waals surface area contributed by atoms with Gasteiger partial charge in [-0.2, -0.15) is 0 Å². The van der Waals surface area contributed by atoms with Crippen molar-refractivity contribution < 1.29 is 9.21 Å². The Labute approximate surface area is 123 Å². The standard InChI is InChI=1S/C17H16N2O2/c1-2-11-10-21-16-7-12(3-4-14(11)16)17(20)18-15-9-19-6-5-13(15)8-19/h1,3-4,7,10,13,15H,5-6,8-9H2,(H,18,20)/t13-,15?/m0/s1. The quantitative estimate of drug-likeness (QED) is 0.854. The topological polar surface area (TPSA) is 45.5 Å². The highest BCUT2D eigenvalue weighted by Gasteiger charge is 2.38. The molecule has 4 heteroatoms. The Morgan fingerprint density at radius 3 is 3.05 bits per heavy atom. The van der Waals surface area contributed by atoms with Gasteiger partial charge in [0.15, 0.2) is 0 Å². The van der Waals surface area contributed by atoms with Crippen molar-refractivity contribution in [2.75, 3.05) is 19.6 Å². The van der Waals surface area contributed by atoms with Crippen molar-refractivity contribution >= 4 is 16.9 Å². The van der Waals surface area contributed by atoms with E-state index in [0.717, 1.165) is 24.0 Å². The van der Waals surface area contributed by atoms with E-state index in [1.165, 1.54) is 13.0 Å². The summed E-state index contributed by atoms with van der Waals surface area (Å²) in [4.78, 5) is 14.8. The number of amides is 1. The zero-order valence-electron chi connectivity index (χ0n) is 11.6. The lowest BCUT2D eigenvalue weighted by atomic mass is 9.99. The fraction of sp³-hybridized carbons (Fsp3) is 0.353. The van der Waals surface area contributed by atoms with Gasteiger partial charge in [-0.05, 0) is 37.1 Å². The summed E-state index contributed by atoms with van der Waals surface area (Å²) in [5.41, 5.74) is 2.00. The summed E-state index contributed by atoms with van der Waals surface area (Å²) < 4.78 is 5.42. The molecular weight excluding hydrogens is 264 g/mol. The van der Waals surface area contributed by atoms with Crippen LogP contribution >= 0.6 is 0 Å². The second kappa shape index (κ2) is 4.64. The number of carbonyl (C=O) groups excluding carboxylic acids is 1. The number of hydrogen-bond donors (Lipinski definition) is 1. The van der Waals surface area contributed by atoms with Crippen molar-refractivity contribution in [2.24, 2.45) is 5.92 Å². The first-order valence-electron chi connectivity index (χ1n) is 7.25. The minimum Gasteiger partial charge on any atom is -0.463 e. The smallest absolute Gasteiger partial charge is 0.251 e. The second-order valence-corrected chi connectivity index (χ2v) is 5.89. The molecule has 3 atom stereocenters. The molecule has 1 aromatic carbocycles. The van der Waals surface area contributed by atoms with E-state index in [1.807, 2.05) is 12.1 Å². The number of piperidine rings is 1. The van der Waals surface area contributed by atoms with Crippen molar-refractivity contribution in [3.8, 4) is 12.3 Å². The first-order valence-corrected chi connectivity index (χ1v) is 7.25. The number of furan rings is 1. The predicted molar refractivity (Wildman–Crippen MR) is 80.0 cm³/mol. The number of rotatable bonds is 2. The number of nitrogens with zero attached hydrogens (tertiary/aromatic N) is 1. The molecule has 0 aliphatic carbocycles. The molecule has 2 aliphatic rings. The van der Waals surface area contributed by atoms with Crippen LogP contribution in [-0.2, 0) is 0 Å². The lowest BCUT2D eigenvalue weighted by molar-refractivity contribution is 0.0924. The van der Waals surface area contributed by atoms with Crippen molar-refractivity contribution in [3.63, 3.8) is 0 Å². The zero-order valence-corrected chi connectivity index (χ0v) is 11.6. The van der Waals surface area contributed by atoms with Crippen molar-refractivity contribution in [3.05, 3.63) is 35.6 Å². The van der Waals surface area contributed by atoms with E-state index in [-0.39, 0.29) is 11.9 Å². The summed E-state index contributed by atoms with van der Waals surface area (Å²) in [6.07, 6.45) is 8.15.